The lowest BCUT2D eigenvalue weighted by Crippen LogP contribution is -2.10. The number of hydrogen-bond donors (Lipinski definition) is 0. The molecule has 230 valence electrons. The molecule has 0 aliphatic heterocycles. The molecule has 2 aromatic heterocycles. The maximum absolute atomic E-state index is 6.30. The molecule has 0 spiro atoms. The Kier molecular flexibility index (Phi) is 6.18. The molecule has 0 radical (unpaired) electrons. The van der Waals surface area contributed by atoms with Crippen molar-refractivity contribution in [3.05, 3.63) is 182 Å². The summed E-state index contributed by atoms with van der Waals surface area (Å²) in [4.78, 5) is 2.40. The van der Waals surface area contributed by atoms with Crippen LogP contribution in [0.5, 0.6) is 0 Å². The van der Waals surface area contributed by atoms with Crippen molar-refractivity contribution in [3.63, 3.8) is 0 Å². The smallest absolute Gasteiger partial charge is 0.136 e. The van der Waals surface area contributed by atoms with Crippen LogP contribution in [0.2, 0.25) is 0 Å². The average Bonchev–Trinajstić information content (AvgIpc) is 3.72. The molecule has 0 saturated carbocycles. The van der Waals surface area contributed by atoms with Gasteiger partial charge in [0.15, 0.2) is 0 Å². The summed E-state index contributed by atoms with van der Waals surface area (Å²) in [5, 5.41) is 7.07. The standard InChI is InChI=1S/C46H30N2O/c1-3-12-31(13-4-1)32-22-24-34(25-23-32)47(41-20-11-18-38-37(41)27-29-45-46(38)39-17-8-10-21-44(39)49-45)35-26-28-43-40(30-35)36-16-7-9-19-42(36)48(43)33-14-5-2-6-15-33/h1-30H. The lowest BCUT2D eigenvalue weighted by atomic mass is 10.0. The molecule has 3 nitrogen and oxygen atoms in total. The molecule has 49 heavy (non-hydrogen) atoms. The molecule has 0 atom stereocenters. The number of benzene rings is 8. The Hall–Kier alpha value is -6.58. The van der Waals surface area contributed by atoms with Gasteiger partial charge in [0.25, 0.3) is 0 Å². The minimum absolute atomic E-state index is 0.903. The van der Waals surface area contributed by atoms with Gasteiger partial charge in [-0.15, -0.1) is 0 Å². The largest absolute Gasteiger partial charge is 0.456 e. The number of rotatable bonds is 5. The Labute approximate surface area is 283 Å². The van der Waals surface area contributed by atoms with Crippen LogP contribution in [0.4, 0.5) is 17.1 Å². The predicted molar refractivity (Wildman–Crippen MR) is 206 cm³/mol. The van der Waals surface area contributed by atoms with Crippen LogP contribution in [0.15, 0.2) is 186 Å². The molecule has 0 unspecified atom stereocenters. The molecule has 0 aliphatic carbocycles. The summed E-state index contributed by atoms with van der Waals surface area (Å²) in [7, 11) is 0. The van der Waals surface area contributed by atoms with Gasteiger partial charge in [-0.05, 0) is 89.3 Å². The highest BCUT2D eigenvalue weighted by atomic mass is 16.3. The molecule has 3 heteroatoms. The number of anilines is 3. The fourth-order valence-corrected chi connectivity index (χ4v) is 7.58. The van der Waals surface area contributed by atoms with Gasteiger partial charge in [0.05, 0.1) is 16.7 Å². The van der Waals surface area contributed by atoms with Crippen LogP contribution >= 0.6 is 0 Å². The molecule has 0 aliphatic rings. The molecule has 0 bridgehead atoms. The molecule has 0 amide bonds. The van der Waals surface area contributed by atoms with E-state index in [0.717, 1.165) is 44.7 Å². The quantitative estimate of drug-likeness (QED) is 0.190. The van der Waals surface area contributed by atoms with Gasteiger partial charge in [-0.3, -0.25) is 0 Å². The Morgan fingerprint density at radius 1 is 0.388 bits per heavy atom. The van der Waals surface area contributed by atoms with Crippen molar-refractivity contribution in [2.24, 2.45) is 0 Å². The summed E-state index contributed by atoms with van der Waals surface area (Å²) in [5.41, 5.74) is 11.0. The molecule has 2 heterocycles. The fourth-order valence-electron chi connectivity index (χ4n) is 7.58. The SMILES string of the molecule is c1ccc(-c2ccc(N(c3ccc4c(c3)c3ccccc3n4-c3ccccc3)c3cccc4c3ccc3oc5ccccc5c34)cc2)cc1. The van der Waals surface area contributed by atoms with Crippen LogP contribution in [-0.2, 0) is 0 Å². The zero-order valence-electron chi connectivity index (χ0n) is 26.6. The Morgan fingerprint density at radius 2 is 1.04 bits per heavy atom. The second-order valence-corrected chi connectivity index (χ2v) is 12.5. The van der Waals surface area contributed by atoms with E-state index in [0.29, 0.717) is 0 Å². The van der Waals surface area contributed by atoms with E-state index in [1.807, 2.05) is 12.1 Å². The molecule has 0 saturated heterocycles. The average molecular weight is 627 g/mol. The van der Waals surface area contributed by atoms with E-state index in [9.17, 15) is 0 Å². The summed E-state index contributed by atoms with van der Waals surface area (Å²) in [6.07, 6.45) is 0. The Bertz CT molecular complexity index is 2810. The van der Waals surface area contributed by atoms with Crippen LogP contribution in [-0.4, -0.2) is 4.57 Å². The highest BCUT2D eigenvalue weighted by Crippen LogP contribution is 2.44. The van der Waals surface area contributed by atoms with Gasteiger partial charge in [-0.1, -0.05) is 109 Å². The van der Waals surface area contributed by atoms with Crippen LogP contribution in [0.1, 0.15) is 0 Å². The normalized spacial score (nSPS) is 11.7. The number of aromatic nitrogens is 1. The number of furan rings is 1. The van der Waals surface area contributed by atoms with Crippen molar-refractivity contribution >= 4 is 71.6 Å². The summed E-state index contributed by atoms with van der Waals surface area (Å²) >= 11 is 0. The van der Waals surface area contributed by atoms with Gasteiger partial charge in [0.2, 0.25) is 0 Å². The van der Waals surface area contributed by atoms with Gasteiger partial charge in [-0.25, -0.2) is 0 Å². The molecule has 10 rings (SSSR count). The Morgan fingerprint density at radius 3 is 1.88 bits per heavy atom. The summed E-state index contributed by atoms with van der Waals surface area (Å²) < 4.78 is 8.66. The minimum Gasteiger partial charge on any atom is -0.456 e. The third-order valence-corrected chi connectivity index (χ3v) is 9.78. The topological polar surface area (TPSA) is 21.3 Å². The van der Waals surface area contributed by atoms with Crippen molar-refractivity contribution in [1.82, 2.24) is 4.57 Å². The van der Waals surface area contributed by atoms with E-state index in [-0.39, 0.29) is 0 Å². The first kappa shape index (κ1) is 27.5. The highest BCUT2D eigenvalue weighted by molar-refractivity contribution is 6.21. The maximum atomic E-state index is 6.30. The van der Waals surface area contributed by atoms with E-state index in [1.165, 1.54) is 43.7 Å². The van der Waals surface area contributed by atoms with Crippen LogP contribution in [0.25, 0.3) is 71.3 Å². The monoisotopic (exact) mass is 626 g/mol. The van der Waals surface area contributed by atoms with E-state index >= 15 is 0 Å². The summed E-state index contributed by atoms with van der Waals surface area (Å²) in [5.74, 6) is 0. The van der Waals surface area contributed by atoms with E-state index in [4.69, 9.17) is 4.42 Å². The third kappa shape index (κ3) is 4.37. The number of nitrogens with zero attached hydrogens (tertiary/aromatic N) is 2. The zero-order chi connectivity index (χ0) is 32.3. The molecule has 0 N–H and O–H groups in total. The molecular formula is C46H30N2O. The molecular weight excluding hydrogens is 597 g/mol. The number of para-hydroxylation sites is 3. The van der Waals surface area contributed by atoms with Crippen molar-refractivity contribution < 1.29 is 4.42 Å². The molecule has 0 fully saturated rings. The number of hydrogen-bond acceptors (Lipinski definition) is 2. The van der Waals surface area contributed by atoms with Crippen LogP contribution < -0.4 is 4.90 Å². The van der Waals surface area contributed by atoms with Crippen LogP contribution in [0, 0.1) is 0 Å². The lowest BCUT2D eigenvalue weighted by Gasteiger charge is -2.27. The van der Waals surface area contributed by atoms with Gasteiger partial charge < -0.3 is 13.9 Å². The van der Waals surface area contributed by atoms with Crippen molar-refractivity contribution in [1.29, 1.82) is 0 Å². The summed E-state index contributed by atoms with van der Waals surface area (Å²) in [6, 6.07) is 65.0. The lowest BCUT2D eigenvalue weighted by molar-refractivity contribution is 0.669. The zero-order valence-corrected chi connectivity index (χ0v) is 26.6. The van der Waals surface area contributed by atoms with Gasteiger partial charge in [0.1, 0.15) is 11.2 Å². The second kappa shape index (κ2) is 11.0. The first-order valence-electron chi connectivity index (χ1n) is 16.7. The van der Waals surface area contributed by atoms with Crippen LogP contribution in [0.3, 0.4) is 0 Å². The van der Waals surface area contributed by atoms with E-state index in [2.05, 4.69) is 179 Å². The second-order valence-electron chi connectivity index (χ2n) is 12.5. The minimum atomic E-state index is 0.903. The highest BCUT2D eigenvalue weighted by Gasteiger charge is 2.20. The van der Waals surface area contributed by atoms with Gasteiger partial charge in [0, 0.05) is 44.0 Å². The van der Waals surface area contributed by atoms with Gasteiger partial charge >= 0.3 is 0 Å². The first-order chi connectivity index (χ1) is 24.3. The van der Waals surface area contributed by atoms with E-state index < -0.39 is 0 Å². The third-order valence-electron chi connectivity index (χ3n) is 9.78. The van der Waals surface area contributed by atoms with Gasteiger partial charge in [-0.2, -0.15) is 0 Å². The Balaban J connectivity index is 1.23. The number of fused-ring (bicyclic) bond motifs is 8. The van der Waals surface area contributed by atoms with Crippen molar-refractivity contribution in [2.75, 3.05) is 4.90 Å². The predicted octanol–water partition coefficient (Wildman–Crippen LogP) is 13.0. The maximum Gasteiger partial charge on any atom is 0.136 e. The molecule has 8 aromatic carbocycles. The molecule has 10 aromatic rings. The fraction of sp³-hybridized carbons (Fsp3) is 0. The summed E-state index contributed by atoms with van der Waals surface area (Å²) in [6.45, 7) is 0. The van der Waals surface area contributed by atoms with E-state index in [1.54, 1.807) is 0 Å². The van der Waals surface area contributed by atoms with Crippen molar-refractivity contribution in [2.45, 2.75) is 0 Å². The first-order valence-corrected chi connectivity index (χ1v) is 16.7. The van der Waals surface area contributed by atoms with Crippen molar-refractivity contribution in [3.8, 4) is 16.8 Å².